The first-order valence-electron chi connectivity index (χ1n) is 9.97. The normalized spacial score (nSPS) is 10.7. The number of rotatable bonds is 8. The van der Waals surface area contributed by atoms with Gasteiger partial charge in [0.25, 0.3) is 11.8 Å². The summed E-state index contributed by atoms with van der Waals surface area (Å²) in [7, 11) is 1.51. The molecular formula is C25H20ClN3O5. The molecule has 3 aromatic carbocycles. The average Bonchev–Trinajstić information content (AvgIpc) is 2.83. The molecule has 8 nitrogen and oxygen atoms in total. The molecular weight excluding hydrogens is 458 g/mol. The van der Waals surface area contributed by atoms with Crippen molar-refractivity contribution in [2.24, 2.45) is 0 Å². The Hall–Kier alpha value is -4.48. The van der Waals surface area contributed by atoms with Gasteiger partial charge < -0.3 is 25.2 Å². The van der Waals surface area contributed by atoms with Gasteiger partial charge in [0.1, 0.15) is 28.9 Å². The van der Waals surface area contributed by atoms with Gasteiger partial charge in [0.05, 0.1) is 17.8 Å². The molecule has 172 valence electrons. The molecule has 0 aliphatic carbocycles. The van der Waals surface area contributed by atoms with Crippen molar-refractivity contribution >= 4 is 40.9 Å². The van der Waals surface area contributed by atoms with Crippen LogP contribution in [0.3, 0.4) is 0 Å². The van der Waals surface area contributed by atoms with Crippen LogP contribution in [-0.4, -0.2) is 30.6 Å². The number of para-hydroxylation sites is 2. The Bertz CT molecular complexity index is 1270. The first-order chi connectivity index (χ1) is 16.4. The maximum atomic E-state index is 12.4. The van der Waals surface area contributed by atoms with Gasteiger partial charge in [-0.2, -0.15) is 5.26 Å². The summed E-state index contributed by atoms with van der Waals surface area (Å²) < 4.78 is 10.7. The van der Waals surface area contributed by atoms with E-state index >= 15 is 0 Å². The van der Waals surface area contributed by atoms with E-state index in [-0.39, 0.29) is 28.7 Å². The number of aromatic hydroxyl groups is 1. The Balaban J connectivity index is 1.63. The number of carbonyl (C=O) groups excluding carboxylic acids is 2. The standard InChI is InChI=1S/C25H20ClN3O5/c1-33-23-5-3-2-4-21(23)29-24(31)15-34-22-11-6-16(13-20(22)26)12-17(14-27)25(32)28-18-7-9-19(30)10-8-18/h2-13,30H,15H2,1H3,(H,28,32)(H,29,31). The molecule has 0 bridgehead atoms. The Kier molecular flexibility index (Phi) is 8.11. The van der Waals surface area contributed by atoms with E-state index < -0.39 is 11.8 Å². The molecule has 3 N–H and O–H groups in total. The summed E-state index contributed by atoms with van der Waals surface area (Å²) in [6, 6.07) is 19.3. The zero-order valence-electron chi connectivity index (χ0n) is 18.0. The SMILES string of the molecule is COc1ccccc1NC(=O)COc1ccc(C=C(C#N)C(=O)Nc2ccc(O)cc2)cc1Cl. The van der Waals surface area contributed by atoms with Gasteiger partial charge in [-0.1, -0.05) is 29.8 Å². The molecule has 0 spiro atoms. The molecule has 3 rings (SSSR count). The number of halogens is 1. The Morgan fingerprint density at radius 2 is 1.79 bits per heavy atom. The highest BCUT2D eigenvalue weighted by molar-refractivity contribution is 6.32. The maximum Gasteiger partial charge on any atom is 0.266 e. The summed E-state index contributed by atoms with van der Waals surface area (Å²) in [6.45, 7) is -0.286. The second-order valence-corrected chi connectivity index (χ2v) is 7.31. The van der Waals surface area contributed by atoms with Gasteiger partial charge >= 0.3 is 0 Å². The number of hydrogen-bond donors (Lipinski definition) is 3. The number of phenols is 1. The van der Waals surface area contributed by atoms with E-state index in [2.05, 4.69) is 10.6 Å². The molecule has 0 fully saturated rings. The molecule has 0 aliphatic rings. The smallest absolute Gasteiger partial charge is 0.266 e. The van der Waals surface area contributed by atoms with E-state index in [9.17, 15) is 20.0 Å². The van der Waals surface area contributed by atoms with E-state index in [1.54, 1.807) is 30.3 Å². The number of phenolic OH excluding ortho intramolecular Hbond substituents is 1. The van der Waals surface area contributed by atoms with Crippen molar-refractivity contribution in [3.63, 3.8) is 0 Å². The van der Waals surface area contributed by atoms with Gasteiger partial charge in [-0.3, -0.25) is 9.59 Å². The highest BCUT2D eigenvalue weighted by Crippen LogP contribution is 2.27. The first kappa shape index (κ1) is 24.2. The third-order valence-electron chi connectivity index (χ3n) is 4.50. The van der Waals surface area contributed by atoms with Crippen LogP contribution in [0, 0.1) is 11.3 Å². The molecule has 3 aromatic rings. The predicted octanol–water partition coefficient (Wildman–Crippen LogP) is 4.62. The van der Waals surface area contributed by atoms with Gasteiger partial charge in [-0.15, -0.1) is 0 Å². The maximum absolute atomic E-state index is 12.4. The van der Waals surface area contributed by atoms with Crippen LogP contribution < -0.4 is 20.1 Å². The monoisotopic (exact) mass is 477 g/mol. The van der Waals surface area contributed by atoms with Crippen molar-refractivity contribution in [2.75, 3.05) is 24.4 Å². The number of methoxy groups -OCH3 is 1. The lowest BCUT2D eigenvalue weighted by atomic mass is 10.1. The molecule has 0 heterocycles. The molecule has 0 aliphatic heterocycles. The number of ether oxygens (including phenoxy) is 2. The fourth-order valence-corrected chi connectivity index (χ4v) is 3.10. The van der Waals surface area contributed by atoms with Gasteiger partial charge in [-0.25, -0.2) is 0 Å². The summed E-state index contributed by atoms with van der Waals surface area (Å²) in [5, 5.41) is 24.2. The van der Waals surface area contributed by atoms with E-state index in [1.165, 1.54) is 49.6 Å². The Morgan fingerprint density at radius 3 is 2.47 bits per heavy atom. The molecule has 0 aromatic heterocycles. The molecule has 9 heteroatoms. The van der Waals surface area contributed by atoms with Crippen molar-refractivity contribution in [1.82, 2.24) is 0 Å². The number of anilines is 2. The fraction of sp³-hybridized carbons (Fsp3) is 0.0800. The van der Waals surface area contributed by atoms with E-state index in [0.29, 0.717) is 22.7 Å². The quantitative estimate of drug-likeness (QED) is 0.247. The van der Waals surface area contributed by atoms with Gasteiger partial charge in [-0.05, 0) is 60.2 Å². The number of carbonyl (C=O) groups is 2. The lowest BCUT2D eigenvalue weighted by molar-refractivity contribution is -0.118. The summed E-state index contributed by atoms with van der Waals surface area (Å²) in [4.78, 5) is 24.6. The van der Waals surface area contributed by atoms with Gasteiger partial charge in [0.2, 0.25) is 0 Å². The van der Waals surface area contributed by atoms with E-state index in [0.717, 1.165) is 0 Å². The van der Waals surface area contributed by atoms with Crippen molar-refractivity contribution in [3.05, 3.63) is 82.9 Å². The van der Waals surface area contributed by atoms with Crippen molar-refractivity contribution in [3.8, 4) is 23.3 Å². The topological polar surface area (TPSA) is 121 Å². The second kappa shape index (κ2) is 11.4. The number of nitrogens with zero attached hydrogens (tertiary/aromatic N) is 1. The van der Waals surface area contributed by atoms with Crippen molar-refractivity contribution < 1.29 is 24.2 Å². The minimum atomic E-state index is -0.613. The zero-order valence-corrected chi connectivity index (χ0v) is 18.8. The molecule has 34 heavy (non-hydrogen) atoms. The van der Waals surface area contributed by atoms with Crippen LogP contribution in [0.4, 0.5) is 11.4 Å². The van der Waals surface area contributed by atoms with Crippen molar-refractivity contribution in [1.29, 1.82) is 5.26 Å². The van der Waals surface area contributed by atoms with Gasteiger partial charge in [0.15, 0.2) is 6.61 Å². The molecule has 0 saturated carbocycles. The first-order valence-corrected chi connectivity index (χ1v) is 10.3. The summed E-state index contributed by atoms with van der Waals surface area (Å²) in [5.41, 5.74) is 1.29. The predicted molar refractivity (Wildman–Crippen MR) is 129 cm³/mol. The minimum Gasteiger partial charge on any atom is -0.508 e. The van der Waals surface area contributed by atoms with Crippen LogP contribution in [0.15, 0.2) is 72.3 Å². The molecule has 0 unspecified atom stereocenters. The van der Waals surface area contributed by atoms with E-state index in [1.807, 2.05) is 6.07 Å². The van der Waals surface area contributed by atoms with Crippen molar-refractivity contribution in [2.45, 2.75) is 0 Å². The highest BCUT2D eigenvalue weighted by Gasteiger charge is 2.12. The van der Waals surface area contributed by atoms with E-state index in [4.69, 9.17) is 21.1 Å². The lowest BCUT2D eigenvalue weighted by Gasteiger charge is -2.11. The Labute approximate surface area is 201 Å². The fourth-order valence-electron chi connectivity index (χ4n) is 2.86. The second-order valence-electron chi connectivity index (χ2n) is 6.90. The summed E-state index contributed by atoms with van der Waals surface area (Å²) in [5.74, 6) is -0.169. The summed E-state index contributed by atoms with van der Waals surface area (Å²) in [6.07, 6.45) is 1.37. The number of nitrogens with one attached hydrogen (secondary N) is 2. The van der Waals surface area contributed by atoms with Crippen LogP contribution in [0.2, 0.25) is 5.02 Å². The average molecular weight is 478 g/mol. The van der Waals surface area contributed by atoms with Gasteiger partial charge in [0, 0.05) is 5.69 Å². The molecule has 0 saturated heterocycles. The summed E-state index contributed by atoms with van der Waals surface area (Å²) >= 11 is 6.26. The van der Waals surface area contributed by atoms with Crippen LogP contribution in [-0.2, 0) is 9.59 Å². The van der Waals surface area contributed by atoms with Crippen LogP contribution >= 0.6 is 11.6 Å². The number of amides is 2. The highest BCUT2D eigenvalue weighted by atomic mass is 35.5. The third kappa shape index (κ3) is 6.51. The van der Waals surface area contributed by atoms with Crippen LogP contribution in [0.1, 0.15) is 5.56 Å². The Morgan fingerprint density at radius 1 is 1.06 bits per heavy atom. The van der Waals surface area contributed by atoms with Crippen LogP contribution in [0.5, 0.6) is 17.2 Å². The number of hydrogen-bond acceptors (Lipinski definition) is 6. The number of benzene rings is 3. The number of nitriles is 1. The molecule has 0 radical (unpaired) electrons. The molecule has 2 amide bonds. The third-order valence-corrected chi connectivity index (χ3v) is 4.79. The molecule has 0 atom stereocenters. The minimum absolute atomic E-state index is 0.0586. The zero-order chi connectivity index (χ0) is 24.5. The van der Waals surface area contributed by atoms with Crippen LogP contribution in [0.25, 0.3) is 6.08 Å². The lowest BCUT2D eigenvalue weighted by Crippen LogP contribution is -2.20. The largest absolute Gasteiger partial charge is 0.508 e.